The zero-order chi connectivity index (χ0) is 17.5. The van der Waals surface area contributed by atoms with E-state index >= 15 is 0 Å². The van der Waals surface area contributed by atoms with Crippen LogP contribution in [0.25, 0.3) is 6.08 Å². The predicted octanol–water partition coefficient (Wildman–Crippen LogP) is 2.36. The van der Waals surface area contributed by atoms with Gasteiger partial charge < -0.3 is 20.3 Å². The van der Waals surface area contributed by atoms with Crippen LogP contribution in [-0.4, -0.2) is 29.2 Å². The Labute approximate surface area is 139 Å². The molecule has 6 heteroatoms. The van der Waals surface area contributed by atoms with Crippen LogP contribution >= 0.6 is 0 Å². The first kappa shape index (κ1) is 17.1. The smallest absolute Gasteiger partial charge is 0.330 e. The first-order valence-corrected chi connectivity index (χ1v) is 7.14. The fraction of sp³-hybridized carbons (Fsp3) is 0.111. The van der Waals surface area contributed by atoms with Crippen molar-refractivity contribution in [1.29, 1.82) is 0 Å². The summed E-state index contributed by atoms with van der Waals surface area (Å²) < 4.78 is 4.98. The van der Waals surface area contributed by atoms with E-state index in [-0.39, 0.29) is 11.5 Å². The fourth-order valence-corrected chi connectivity index (χ4v) is 2.09. The number of carboxylic acid groups (broad SMARTS) is 1. The van der Waals surface area contributed by atoms with Gasteiger partial charge in [-0.05, 0) is 29.3 Å². The first-order valence-electron chi connectivity index (χ1n) is 7.14. The van der Waals surface area contributed by atoms with Gasteiger partial charge in [0, 0.05) is 6.08 Å². The molecular formula is C18H17NO5. The van der Waals surface area contributed by atoms with Crippen molar-refractivity contribution in [2.75, 3.05) is 7.11 Å². The highest BCUT2D eigenvalue weighted by Gasteiger charge is 2.20. The molecule has 6 nitrogen and oxygen atoms in total. The van der Waals surface area contributed by atoms with Crippen molar-refractivity contribution in [3.05, 3.63) is 65.7 Å². The van der Waals surface area contributed by atoms with E-state index in [1.807, 2.05) is 0 Å². The van der Waals surface area contributed by atoms with Crippen LogP contribution in [0, 0.1) is 0 Å². The summed E-state index contributed by atoms with van der Waals surface area (Å²) in [6.07, 6.45) is 2.73. The van der Waals surface area contributed by atoms with Crippen LogP contribution < -0.4 is 10.1 Å². The van der Waals surface area contributed by atoms with Gasteiger partial charge in [-0.2, -0.15) is 0 Å². The Morgan fingerprint density at radius 3 is 2.50 bits per heavy atom. The number of carbonyl (C=O) groups excluding carboxylic acids is 1. The first-order chi connectivity index (χ1) is 11.5. The highest BCUT2D eigenvalue weighted by molar-refractivity contribution is 5.94. The highest BCUT2D eigenvalue weighted by atomic mass is 16.5. The molecule has 0 spiro atoms. The number of phenols is 1. The molecule has 0 aliphatic rings. The molecule has 2 aromatic rings. The molecule has 0 aliphatic carbocycles. The average molecular weight is 327 g/mol. The van der Waals surface area contributed by atoms with Gasteiger partial charge in [0.1, 0.15) is 0 Å². The number of ether oxygens (including phenoxy) is 1. The van der Waals surface area contributed by atoms with Crippen LogP contribution in [0.3, 0.4) is 0 Å². The molecule has 0 saturated carbocycles. The second-order valence-corrected chi connectivity index (χ2v) is 4.96. The lowest BCUT2D eigenvalue weighted by atomic mass is 10.1. The van der Waals surface area contributed by atoms with Crippen molar-refractivity contribution < 1.29 is 24.5 Å². The van der Waals surface area contributed by atoms with Crippen molar-refractivity contribution in [3.8, 4) is 11.5 Å². The number of aromatic hydroxyl groups is 1. The van der Waals surface area contributed by atoms with E-state index in [1.165, 1.54) is 25.3 Å². The number of amides is 1. The molecule has 124 valence electrons. The normalized spacial score (nSPS) is 11.9. The van der Waals surface area contributed by atoms with E-state index in [0.29, 0.717) is 11.1 Å². The van der Waals surface area contributed by atoms with E-state index in [1.54, 1.807) is 42.5 Å². The minimum atomic E-state index is -1.14. The molecule has 0 aliphatic heterocycles. The summed E-state index contributed by atoms with van der Waals surface area (Å²) in [4.78, 5) is 23.3. The Balaban J connectivity index is 2.10. The van der Waals surface area contributed by atoms with Crippen LogP contribution in [0.4, 0.5) is 0 Å². The van der Waals surface area contributed by atoms with Gasteiger partial charge in [-0.1, -0.05) is 36.4 Å². The molecule has 0 fully saturated rings. The van der Waals surface area contributed by atoms with Gasteiger partial charge in [-0.15, -0.1) is 0 Å². The molecular weight excluding hydrogens is 310 g/mol. The van der Waals surface area contributed by atoms with E-state index in [9.17, 15) is 19.8 Å². The second kappa shape index (κ2) is 7.82. The number of nitrogens with one attached hydrogen (secondary N) is 1. The molecule has 0 heterocycles. The maximum atomic E-state index is 12.0. The van der Waals surface area contributed by atoms with Crippen molar-refractivity contribution in [2.45, 2.75) is 6.04 Å². The number of rotatable bonds is 6. The van der Waals surface area contributed by atoms with Crippen molar-refractivity contribution in [3.63, 3.8) is 0 Å². The lowest BCUT2D eigenvalue weighted by Gasteiger charge is -2.13. The van der Waals surface area contributed by atoms with Crippen molar-refractivity contribution in [2.24, 2.45) is 0 Å². The summed E-state index contributed by atoms with van der Waals surface area (Å²) >= 11 is 0. The van der Waals surface area contributed by atoms with E-state index in [2.05, 4.69) is 5.32 Å². The number of carbonyl (C=O) groups is 2. The van der Waals surface area contributed by atoms with Gasteiger partial charge in [-0.25, -0.2) is 4.79 Å². The van der Waals surface area contributed by atoms with Crippen LogP contribution in [0.1, 0.15) is 17.2 Å². The molecule has 24 heavy (non-hydrogen) atoms. The molecule has 1 amide bonds. The maximum absolute atomic E-state index is 12.0. The van der Waals surface area contributed by atoms with Gasteiger partial charge in [0.25, 0.3) is 0 Å². The van der Waals surface area contributed by atoms with Gasteiger partial charge in [0.05, 0.1) is 7.11 Å². The number of benzene rings is 2. The summed E-state index contributed by atoms with van der Waals surface area (Å²) in [6.45, 7) is 0. The van der Waals surface area contributed by atoms with Crippen LogP contribution in [0.2, 0.25) is 0 Å². The highest BCUT2D eigenvalue weighted by Crippen LogP contribution is 2.26. The Morgan fingerprint density at radius 2 is 1.88 bits per heavy atom. The largest absolute Gasteiger partial charge is 0.504 e. The number of aliphatic carboxylic acids is 1. The summed E-state index contributed by atoms with van der Waals surface area (Å²) in [5.74, 6) is -1.41. The Bertz CT molecular complexity index is 755. The minimum Gasteiger partial charge on any atom is -0.504 e. The van der Waals surface area contributed by atoms with Crippen molar-refractivity contribution >= 4 is 18.0 Å². The van der Waals surface area contributed by atoms with E-state index < -0.39 is 17.9 Å². The SMILES string of the molecule is COc1cc(/C=C/C(=O)NC(C(=O)O)c2ccccc2)ccc1O. The van der Waals surface area contributed by atoms with Crippen LogP contribution in [-0.2, 0) is 9.59 Å². The quantitative estimate of drug-likeness (QED) is 0.708. The third-order valence-corrected chi connectivity index (χ3v) is 3.30. The summed E-state index contributed by atoms with van der Waals surface area (Å²) in [5.41, 5.74) is 1.12. The molecule has 2 aromatic carbocycles. The molecule has 2 rings (SSSR count). The van der Waals surface area contributed by atoms with Crippen molar-refractivity contribution in [1.82, 2.24) is 5.32 Å². The van der Waals surface area contributed by atoms with Crippen LogP contribution in [0.15, 0.2) is 54.6 Å². The number of phenolic OH excluding ortho intramolecular Hbond substituents is 1. The lowest BCUT2D eigenvalue weighted by molar-refractivity contribution is -0.141. The van der Waals surface area contributed by atoms with Gasteiger partial charge >= 0.3 is 5.97 Å². The number of carboxylic acids is 1. The predicted molar refractivity (Wildman–Crippen MR) is 88.7 cm³/mol. The average Bonchev–Trinajstić information content (AvgIpc) is 2.59. The standard InChI is InChI=1S/C18H17NO5/c1-24-15-11-12(7-9-14(15)20)8-10-16(21)19-17(18(22)23)13-5-3-2-4-6-13/h2-11,17,20H,1H3,(H,19,21)(H,22,23)/b10-8+. The molecule has 0 aromatic heterocycles. The van der Waals surface area contributed by atoms with Crippen LogP contribution in [0.5, 0.6) is 11.5 Å². The molecule has 3 N–H and O–H groups in total. The summed E-state index contributed by atoms with van der Waals surface area (Å²) in [6, 6.07) is 11.9. The Hall–Kier alpha value is -3.28. The number of methoxy groups -OCH3 is 1. The summed E-state index contributed by atoms with van der Waals surface area (Å²) in [5, 5.41) is 21.2. The summed E-state index contributed by atoms with van der Waals surface area (Å²) in [7, 11) is 1.42. The van der Waals surface area contributed by atoms with E-state index in [4.69, 9.17) is 4.74 Å². The van der Waals surface area contributed by atoms with Gasteiger partial charge in [0.2, 0.25) is 5.91 Å². The third-order valence-electron chi connectivity index (χ3n) is 3.30. The number of hydrogen-bond donors (Lipinski definition) is 3. The Morgan fingerprint density at radius 1 is 1.17 bits per heavy atom. The molecule has 0 bridgehead atoms. The number of hydrogen-bond acceptors (Lipinski definition) is 4. The van der Waals surface area contributed by atoms with Gasteiger partial charge in [0.15, 0.2) is 17.5 Å². The second-order valence-electron chi connectivity index (χ2n) is 4.96. The van der Waals surface area contributed by atoms with Gasteiger partial charge in [-0.3, -0.25) is 4.79 Å². The molecule has 0 saturated heterocycles. The lowest BCUT2D eigenvalue weighted by Crippen LogP contribution is -2.32. The Kier molecular flexibility index (Phi) is 5.57. The fourth-order valence-electron chi connectivity index (χ4n) is 2.09. The topological polar surface area (TPSA) is 95.9 Å². The zero-order valence-electron chi connectivity index (χ0n) is 13.0. The maximum Gasteiger partial charge on any atom is 0.330 e. The monoisotopic (exact) mass is 327 g/mol. The molecule has 1 unspecified atom stereocenters. The zero-order valence-corrected chi connectivity index (χ0v) is 13.0. The van der Waals surface area contributed by atoms with E-state index in [0.717, 1.165) is 0 Å². The minimum absolute atomic E-state index is 0.00544. The molecule has 0 radical (unpaired) electrons. The molecule has 1 atom stereocenters. The third kappa shape index (κ3) is 4.36.